The Morgan fingerprint density at radius 2 is 1.68 bits per heavy atom. The van der Waals surface area contributed by atoms with E-state index in [1.165, 1.54) is 19.2 Å². The van der Waals surface area contributed by atoms with Gasteiger partial charge in [0.1, 0.15) is 12.3 Å². The number of hydrogen-bond donors (Lipinski definition) is 0. The predicted molar refractivity (Wildman–Crippen MR) is 98.3 cm³/mol. The number of sulfonamides is 1. The first-order valence-electron chi connectivity index (χ1n) is 7.46. The molecule has 25 heavy (non-hydrogen) atoms. The highest BCUT2D eigenvalue weighted by Gasteiger charge is 2.27. The fourth-order valence-electron chi connectivity index (χ4n) is 2.11. The summed E-state index contributed by atoms with van der Waals surface area (Å²) >= 11 is 3.30. The van der Waals surface area contributed by atoms with Gasteiger partial charge in [-0.25, -0.2) is 8.42 Å². The minimum Gasteiger partial charge on any atom is -0.494 e. The van der Waals surface area contributed by atoms with Crippen LogP contribution in [0.25, 0.3) is 0 Å². The number of rotatable bonds is 7. The summed E-state index contributed by atoms with van der Waals surface area (Å²) < 4.78 is 37.8. The number of nitrogens with zero attached hydrogens (tertiary/aromatic N) is 1. The van der Waals surface area contributed by atoms with Crippen LogP contribution in [0.2, 0.25) is 0 Å². The third kappa shape index (κ3) is 4.73. The van der Waals surface area contributed by atoms with Crippen LogP contribution in [-0.2, 0) is 19.6 Å². The summed E-state index contributed by atoms with van der Waals surface area (Å²) in [4.78, 5) is 11.8. The van der Waals surface area contributed by atoms with Crippen LogP contribution >= 0.6 is 15.9 Å². The first kappa shape index (κ1) is 19.3. The lowest BCUT2D eigenvalue weighted by Crippen LogP contribution is -2.36. The van der Waals surface area contributed by atoms with E-state index < -0.39 is 22.5 Å². The molecule has 0 bridgehead atoms. The van der Waals surface area contributed by atoms with Crippen LogP contribution in [0.1, 0.15) is 6.92 Å². The van der Waals surface area contributed by atoms with Crippen molar-refractivity contribution in [2.75, 3.05) is 24.6 Å². The number of hydrogen-bond acceptors (Lipinski definition) is 5. The molecule has 0 N–H and O–H groups in total. The number of carbonyl (C=O) groups is 1. The van der Waals surface area contributed by atoms with Crippen LogP contribution in [-0.4, -0.2) is 34.6 Å². The van der Waals surface area contributed by atoms with E-state index in [0.29, 0.717) is 18.0 Å². The molecule has 0 atom stereocenters. The van der Waals surface area contributed by atoms with Crippen molar-refractivity contribution in [3.8, 4) is 5.75 Å². The summed E-state index contributed by atoms with van der Waals surface area (Å²) in [7, 11) is -2.73. The molecule has 0 aliphatic rings. The lowest BCUT2D eigenvalue weighted by Gasteiger charge is -2.23. The van der Waals surface area contributed by atoms with Crippen molar-refractivity contribution in [1.29, 1.82) is 0 Å². The van der Waals surface area contributed by atoms with Crippen LogP contribution in [0.4, 0.5) is 5.69 Å². The molecular weight excluding hydrogens is 410 g/mol. The Balaban J connectivity index is 2.43. The van der Waals surface area contributed by atoms with Crippen molar-refractivity contribution < 1.29 is 22.7 Å². The van der Waals surface area contributed by atoms with Gasteiger partial charge < -0.3 is 9.47 Å². The van der Waals surface area contributed by atoms with E-state index in [0.717, 1.165) is 8.78 Å². The average Bonchev–Trinajstić information content (AvgIpc) is 2.61. The molecule has 8 heteroatoms. The molecule has 0 saturated carbocycles. The summed E-state index contributed by atoms with van der Waals surface area (Å²) in [5.41, 5.74) is 0.363. The highest BCUT2D eigenvalue weighted by atomic mass is 79.9. The van der Waals surface area contributed by atoms with E-state index >= 15 is 0 Å². The molecule has 0 radical (unpaired) electrons. The maximum Gasteiger partial charge on any atom is 0.326 e. The molecule has 0 spiro atoms. The molecular formula is C17H18BrNO5S. The van der Waals surface area contributed by atoms with Gasteiger partial charge in [-0.05, 0) is 55.5 Å². The Labute approximate surface area is 155 Å². The first-order valence-corrected chi connectivity index (χ1v) is 9.69. The van der Waals surface area contributed by atoms with E-state index in [2.05, 4.69) is 20.7 Å². The van der Waals surface area contributed by atoms with Crippen LogP contribution < -0.4 is 9.04 Å². The van der Waals surface area contributed by atoms with Gasteiger partial charge in [-0.2, -0.15) is 0 Å². The highest BCUT2D eigenvalue weighted by Crippen LogP contribution is 2.26. The van der Waals surface area contributed by atoms with E-state index in [-0.39, 0.29) is 4.90 Å². The zero-order valence-corrected chi connectivity index (χ0v) is 16.2. The third-order valence-corrected chi connectivity index (χ3v) is 5.65. The molecule has 0 aromatic heterocycles. The second-order valence-corrected chi connectivity index (χ2v) is 7.75. The fraction of sp³-hybridized carbons (Fsp3) is 0.235. The maximum absolute atomic E-state index is 13.0. The molecule has 0 heterocycles. The predicted octanol–water partition coefficient (Wildman–Crippen LogP) is 3.22. The molecule has 0 aliphatic carbocycles. The number of halogens is 1. The fourth-order valence-corrected chi connectivity index (χ4v) is 3.78. The van der Waals surface area contributed by atoms with Crippen molar-refractivity contribution in [2.45, 2.75) is 11.8 Å². The average molecular weight is 428 g/mol. The second-order valence-electron chi connectivity index (χ2n) is 4.97. The van der Waals surface area contributed by atoms with Gasteiger partial charge in [-0.3, -0.25) is 9.10 Å². The van der Waals surface area contributed by atoms with Crippen LogP contribution in [0.3, 0.4) is 0 Å². The quantitative estimate of drug-likeness (QED) is 0.634. The van der Waals surface area contributed by atoms with Gasteiger partial charge in [0.2, 0.25) is 0 Å². The normalized spacial score (nSPS) is 11.0. The second kappa shape index (κ2) is 8.35. The van der Waals surface area contributed by atoms with Crippen molar-refractivity contribution in [1.82, 2.24) is 0 Å². The molecule has 0 unspecified atom stereocenters. The summed E-state index contributed by atoms with van der Waals surface area (Å²) in [6.07, 6.45) is 0. The van der Waals surface area contributed by atoms with Crippen molar-refractivity contribution in [3.63, 3.8) is 0 Å². The summed E-state index contributed by atoms with van der Waals surface area (Å²) in [5.74, 6) is -0.0814. The standard InChI is InChI=1S/C17H18BrNO5S/c1-3-24-15-8-10-16(11-9-15)25(21,22)19(12-17(20)23-2)14-6-4-13(18)5-7-14/h4-11H,3,12H2,1-2H3. The zero-order valence-electron chi connectivity index (χ0n) is 13.8. The van der Waals surface area contributed by atoms with E-state index in [1.807, 2.05) is 6.92 Å². The largest absolute Gasteiger partial charge is 0.494 e. The van der Waals surface area contributed by atoms with Gasteiger partial charge >= 0.3 is 5.97 Å². The molecule has 0 amide bonds. The van der Waals surface area contributed by atoms with Gasteiger partial charge in [-0.1, -0.05) is 15.9 Å². The van der Waals surface area contributed by atoms with Gasteiger partial charge in [0.25, 0.3) is 10.0 Å². The Morgan fingerprint density at radius 1 is 1.08 bits per heavy atom. The van der Waals surface area contributed by atoms with Crippen LogP contribution in [0.15, 0.2) is 57.9 Å². The molecule has 2 aromatic rings. The number of esters is 1. The lowest BCUT2D eigenvalue weighted by atomic mass is 10.3. The number of carbonyl (C=O) groups excluding carboxylic acids is 1. The van der Waals surface area contributed by atoms with Crippen molar-refractivity contribution in [3.05, 3.63) is 53.0 Å². The van der Waals surface area contributed by atoms with Gasteiger partial charge in [-0.15, -0.1) is 0 Å². The first-order chi connectivity index (χ1) is 11.9. The van der Waals surface area contributed by atoms with Crippen molar-refractivity contribution in [2.24, 2.45) is 0 Å². The maximum atomic E-state index is 13.0. The minimum absolute atomic E-state index is 0.0581. The summed E-state index contributed by atoms with van der Waals surface area (Å²) in [5, 5.41) is 0. The summed E-state index contributed by atoms with van der Waals surface area (Å²) in [6.45, 7) is 1.91. The Kier molecular flexibility index (Phi) is 6.44. The monoisotopic (exact) mass is 427 g/mol. The van der Waals surface area contributed by atoms with Crippen LogP contribution in [0, 0.1) is 0 Å². The van der Waals surface area contributed by atoms with Gasteiger partial charge in [0.15, 0.2) is 0 Å². The number of ether oxygens (including phenoxy) is 2. The minimum atomic E-state index is -3.94. The zero-order chi connectivity index (χ0) is 18.4. The highest BCUT2D eigenvalue weighted by molar-refractivity contribution is 9.10. The summed E-state index contributed by atoms with van der Waals surface area (Å²) in [6, 6.07) is 12.7. The lowest BCUT2D eigenvalue weighted by molar-refractivity contribution is -0.138. The molecule has 134 valence electrons. The number of benzene rings is 2. The van der Waals surface area contributed by atoms with E-state index in [9.17, 15) is 13.2 Å². The van der Waals surface area contributed by atoms with Gasteiger partial charge in [0.05, 0.1) is 24.3 Å². The molecule has 6 nitrogen and oxygen atoms in total. The van der Waals surface area contributed by atoms with Gasteiger partial charge in [0, 0.05) is 4.47 Å². The molecule has 2 rings (SSSR count). The smallest absolute Gasteiger partial charge is 0.326 e. The third-order valence-electron chi connectivity index (χ3n) is 3.34. The van der Waals surface area contributed by atoms with E-state index in [1.54, 1.807) is 36.4 Å². The SMILES string of the molecule is CCOc1ccc(S(=O)(=O)N(CC(=O)OC)c2ccc(Br)cc2)cc1. The van der Waals surface area contributed by atoms with E-state index in [4.69, 9.17) is 4.74 Å². The molecule has 0 saturated heterocycles. The number of methoxy groups -OCH3 is 1. The molecule has 0 aliphatic heterocycles. The van der Waals surface area contributed by atoms with Crippen molar-refractivity contribution >= 4 is 37.6 Å². The topological polar surface area (TPSA) is 72.9 Å². The molecule has 2 aromatic carbocycles. The Hall–Kier alpha value is -2.06. The van der Waals surface area contributed by atoms with Crippen LogP contribution in [0.5, 0.6) is 5.75 Å². The Bertz CT molecular complexity index is 819. The number of anilines is 1. The molecule has 0 fully saturated rings. The Morgan fingerprint density at radius 3 is 2.20 bits per heavy atom.